The molecule has 0 saturated heterocycles. The topological polar surface area (TPSA) is 82.8 Å². The van der Waals surface area contributed by atoms with Gasteiger partial charge in [0.25, 0.3) is 0 Å². The fraction of sp³-hybridized carbons (Fsp3) is 0.333. The number of pyridine rings is 1. The first-order valence-electron chi connectivity index (χ1n) is 6.56. The van der Waals surface area contributed by atoms with E-state index in [1.807, 2.05) is 4.90 Å². The molecule has 0 radical (unpaired) electrons. The fourth-order valence-corrected chi connectivity index (χ4v) is 1.96. The van der Waals surface area contributed by atoms with Crippen molar-refractivity contribution in [2.45, 2.75) is 19.5 Å². The molecule has 0 spiro atoms. The second kappa shape index (κ2) is 8.06. The van der Waals surface area contributed by atoms with Gasteiger partial charge in [0.15, 0.2) is 5.75 Å². The lowest BCUT2D eigenvalue weighted by Gasteiger charge is -2.21. The molecule has 21 heavy (non-hydrogen) atoms. The molecule has 0 aliphatic heterocycles. The molecule has 0 aliphatic rings. The summed E-state index contributed by atoms with van der Waals surface area (Å²) >= 11 is 0. The molecule has 6 heteroatoms. The molecule has 0 unspecified atom stereocenters. The molecule has 0 saturated carbocycles. The van der Waals surface area contributed by atoms with Gasteiger partial charge in [0.1, 0.15) is 0 Å². The van der Waals surface area contributed by atoms with E-state index in [-0.39, 0.29) is 18.7 Å². The molecule has 1 aromatic rings. The summed E-state index contributed by atoms with van der Waals surface area (Å²) in [7, 11) is 0. The normalized spacial score (nSPS) is 10.5. The molecule has 0 fully saturated rings. The number of rotatable bonds is 9. The molecule has 1 heterocycles. The summed E-state index contributed by atoms with van der Waals surface area (Å²) in [6.45, 7) is 9.20. The van der Waals surface area contributed by atoms with Crippen LogP contribution in [0, 0.1) is 0 Å². The van der Waals surface area contributed by atoms with E-state index in [0.29, 0.717) is 25.3 Å². The van der Waals surface area contributed by atoms with Crippen molar-refractivity contribution in [1.29, 1.82) is 0 Å². The van der Waals surface area contributed by atoms with Crippen molar-refractivity contribution in [2.24, 2.45) is 0 Å². The Balaban J connectivity index is 3.03. The van der Waals surface area contributed by atoms with Crippen LogP contribution in [0.3, 0.4) is 0 Å². The Kier molecular flexibility index (Phi) is 6.42. The number of aromatic nitrogens is 1. The van der Waals surface area contributed by atoms with E-state index < -0.39 is 11.4 Å². The number of hydrogen-bond acceptors (Lipinski definition) is 4. The van der Waals surface area contributed by atoms with Crippen molar-refractivity contribution < 1.29 is 15.0 Å². The number of carbonyl (C=O) groups is 1. The van der Waals surface area contributed by atoms with Crippen molar-refractivity contribution >= 4 is 5.97 Å². The van der Waals surface area contributed by atoms with Crippen LogP contribution in [0.15, 0.2) is 42.4 Å². The van der Waals surface area contributed by atoms with E-state index >= 15 is 0 Å². The molecule has 0 bridgehead atoms. The summed E-state index contributed by atoms with van der Waals surface area (Å²) < 4.78 is 1.59. The Morgan fingerprint density at radius 1 is 1.33 bits per heavy atom. The second-order valence-electron chi connectivity index (χ2n) is 4.62. The van der Waals surface area contributed by atoms with Gasteiger partial charge in [-0.05, 0) is 0 Å². The lowest BCUT2D eigenvalue weighted by molar-refractivity contribution is -0.137. The highest BCUT2D eigenvalue weighted by molar-refractivity contribution is 5.66. The van der Waals surface area contributed by atoms with Gasteiger partial charge in [-0.2, -0.15) is 0 Å². The maximum Gasteiger partial charge on any atom is 0.305 e. The Hall–Kier alpha value is -2.34. The summed E-state index contributed by atoms with van der Waals surface area (Å²) in [5, 5.41) is 18.3. The number of aryl methyl sites for hydroxylation is 1. The highest BCUT2D eigenvalue weighted by atomic mass is 16.4. The van der Waals surface area contributed by atoms with Crippen LogP contribution in [0.2, 0.25) is 0 Å². The molecule has 114 valence electrons. The maximum absolute atomic E-state index is 11.6. The minimum Gasteiger partial charge on any atom is -0.503 e. The van der Waals surface area contributed by atoms with Crippen molar-refractivity contribution in [3.05, 3.63) is 53.5 Å². The Morgan fingerprint density at radius 2 is 1.95 bits per heavy atom. The summed E-state index contributed by atoms with van der Waals surface area (Å²) in [6, 6.07) is 1.33. The maximum atomic E-state index is 11.6. The zero-order valence-electron chi connectivity index (χ0n) is 11.9. The molecule has 6 nitrogen and oxygen atoms in total. The predicted molar refractivity (Wildman–Crippen MR) is 80.3 cm³/mol. The van der Waals surface area contributed by atoms with E-state index in [1.165, 1.54) is 12.3 Å². The smallest absolute Gasteiger partial charge is 0.305 e. The van der Waals surface area contributed by atoms with Crippen LogP contribution < -0.4 is 5.43 Å². The van der Waals surface area contributed by atoms with E-state index in [0.717, 1.165) is 0 Å². The largest absolute Gasteiger partial charge is 0.503 e. The van der Waals surface area contributed by atoms with E-state index in [2.05, 4.69) is 13.2 Å². The van der Waals surface area contributed by atoms with Crippen LogP contribution in [0.5, 0.6) is 5.75 Å². The van der Waals surface area contributed by atoms with Gasteiger partial charge in [0.2, 0.25) is 5.43 Å². The summed E-state index contributed by atoms with van der Waals surface area (Å²) in [5.41, 5.74) is 0.163. The Labute approximate surface area is 123 Å². The molecule has 1 rings (SSSR count). The Bertz CT molecular complexity index is 568. The first kappa shape index (κ1) is 16.7. The molecular weight excluding hydrogens is 272 g/mol. The fourth-order valence-electron chi connectivity index (χ4n) is 1.96. The minimum atomic E-state index is -0.937. The lowest BCUT2D eigenvalue weighted by atomic mass is 10.2. The van der Waals surface area contributed by atoms with Crippen molar-refractivity contribution in [3.63, 3.8) is 0 Å². The number of aliphatic carboxylic acids is 1. The molecule has 1 aromatic heterocycles. The highest BCUT2D eigenvalue weighted by Crippen LogP contribution is 2.09. The summed E-state index contributed by atoms with van der Waals surface area (Å²) in [5.74, 6) is -1.32. The lowest BCUT2D eigenvalue weighted by Crippen LogP contribution is -2.27. The van der Waals surface area contributed by atoms with Crippen LogP contribution in [-0.4, -0.2) is 38.7 Å². The Morgan fingerprint density at radius 3 is 2.48 bits per heavy atom. The van der Waals surface area contributed by atoms with Crippen LogP contribution in [-0.2, 0) is 17.9 Å². The monoisotopic (exact) mass is 292 g/mol. The number of hydrogen-bond donors (Lipinski definition) is 2. The third kappa shape index (κ3) is 5.27. The van der Waals surface area contributed by atoms with Crippen LogP contribution in [0.1, 0.15) is 12.1 Å². The van der Waals surface area contributed by atoms with Crippen LogP contribution in [0.25, 0.3) is 0 Å². The van der Waals surface area contributed by atoms with E-state index in [9.17, 15) is 14.7 Å². The molecule has 0 aromatic carbocycles. The third-order valence-corrected chi connectivity index (χ3v) is 2.92. The first-order chi connectivity index (χ1) is 9.97. The van der Waals surface area contributed by atoms with Gasteiger partial charge in [-0.3, -0.25) is 14.5 Å². The number of aromatic hydroxyl groups is 1. The minimum absolute atomic E-state index is 0.0851. The first-order valence-corrected chi connectivity index (χ1v) is 6.56. The molecule has 0 amide bonds. The quantitative estimate of drug-likeness (QED) is 0.668. The average molecular weight is 292 g/mol. The molecule has 0 aliphatic carbocycles. The van der Waals surface area contributed by atoms with Crippen LogP contribution >= 0.6 is 0 Å². The molecular formula is C15H20N2O4. The highest BCUT2D eigenvalue weighted by Gasteiger charge is 2.10. The van der Waals surface area contributed by atoms with Crippen molar-refractivity contribution in [3.8, 4) is 5.75 Å². The zero-order chi connectivity index (χ0) is 15.8. The van der Waals surface area contributed by atoms with Gasteiger partial charge < -0.3 is 14.8 Å². The molecule has 0 atom stereocenters. The number of carboxylic acids is 1. The van der Waals surface area contributed by atoms with Gasteiger partial charge in [-0.15, -0.1) is 13.2 Å². The van der Waals surface area contributed by atoms with Gasteiger partial charge in [0.05, 0.1) is 12.6 Å². The summed E-state index contributed by atoms with van der Waals surface area (Å²) in [6.07, 6.45) is 4.67. The van der Waals surface area contributed by atoms with Gasteiger partial charge in [-0.25, -0.2) is 0 Å². The van der Waals surface area contributed by atoms with E-state index in [4.69, 9.17) is 5.11 Å². The van der Waals surface area contributed by atoms with E-state index in [1.54, 1.807) is 16.7 Å². The number of nitrogens with zero attached hydrogens (tertiary/aromatic N) is 2. The number of carboxylic acid groups (broad SMARTS) is 1. The third-order valence-electron chi connectivity index (χ3n) is 2.92. The standard InChI is InChI=1S/C15H20N2O4/c1-3-6-16(7-4-2)10-12-9-13(18)14(19)11-17(12)8-5-15(20)21/h3-4,9,11,19H,1-2,5-8,10H2,(H,20,21). The average Bonchev–Trinajstić information content (AvgIpc) is 2.41. The summed E-state index contributed by atoms with van der Waals surface area (Å²) in [4.78, 5) is 24.3. The van der Waals surface area contributed by atoms with Crippen molar-refractivity contribution in [1.82, 2.24) is 9.47 Å². The van der Waals surface area contributed by atoms with Crippen LogP contribution in [0.4, 0.5) is 0 Å². The van der Waals surface area contributed by atoms with Gasteiger partial charge >= 0.3 is 5.97 Å². The predicted octanol–water partition coefficient (Wildman–Crippen LogP) is 1.20. The second-order valence-corrected chi connectivity index (χ2v) is 4.62. The van der Waals surface area contributed by atoms with Crippen molar-refractivity contribution in [2.75, 3.05) is 13.1 Å². The zero-order valence-corrected chi connectivity index (χ0v) is 11.9. The van der Waals surface area contributed by atoms with Gasteiger partial charge in [-0.1, -0.05) is 12.2 Å². The molecule has 2 N–H and O–H groups in total. The van der Waals surface area contributed by atoms with Gasteiger partial charge in [0, 0.05) is 37.9 Å². The SMILES string of the molecule is C=CCN(CC=C)Cc1cc(=O)c(O)cn1CCC(=O)O.